The smallest absolute Gasteiger partial charge is 0.141 e. The maximum absolute atomic E-state index is 8.67. The van der Waals surface area contributed by atoms with Crippen LogP contribution in [-0.2, 0) is 4.74 Å². The van der Waals surface area contributed by atoms with Crippen LogP contribution in [0.5, 0.6) is 0 Å². The van der Waals surface area contributed by atoms with Crippen molar-refractivity contribution in [3.05, 3.63) is 46.9 Å². The van der Waals surface area contributed by atoms with Gasteiger partial charge in [0.05, 0.1) is 17.0 Å². The van der Waals surface area contributed by atoms with Gasteiger partial charge in [0.2, 0.25) is 0 Å². The summed E-state index contributed by atoms with van der Waals surface area (Å²) in [5.74, 6) is 0.837. The first-order valence-corrected chi connectivity index (χ1v) is 8.82. The number of halogens is 1. The number of nitrogens with one attached hydrogen (secondary N) is 3. The Hall–Kier alpha value is -2.64. The first-order valence-electron chi connectivity index (χ1n) is 8.45. The third-order valence-corrected chi connectivity index (χ3v) is 4.90. The minimum absolute atomic E-state index is 0.227. The van der Waals surface area contributed by atoms with Crippen molar-refractivity contribution < 1.29 is 4.74 Å². The fraction of sp³-hybridized carbons (Fsp3) is 0.278. The number of aromatic nitrogens is 3. The first-order chi connectivity index (χ1) is 12.6. The molecule has 4 rings (SSSR count). The summed E-state index contributed by atoms with van der Waals surface area (Å²) >= 11 is 6.25. The fourth-order valence-electron chi connectivity index (χ4n) is 3.18. The van der Waals surface area contributed by atoms with Gasteiger partial charge in [0.15, 0.2) is 0 Å². The molecular formula is C18H19ClN6O. The minimum Gasteiger partial charge on any atom is -0.383 e. The zero-order chi connectivity index (χ0) is 18.1. The topological polar surface area (TPSA) is 113 Å². The average molecular weight is 371 g/mol. The third kappa shape index (κ3) is 3.11. The largest absolute Gasteiger partial charge is 0.383 e. The maximum atomic E-state index is 8.67. The van der Waals surface area contributed by atoms with Gasteiger partial charge in [-0.15, -0.1) is 0 Å². The lowest BCUT2D eigenvalue weighted by molar-refractivity contribution is 0.0904. The second-order valence-corrected chi connectivity index (χ2v) is 6.68. The number of nitrogens with two attached hydrogens (primary N) is 1. The molecule has 1 aromatic carbocycles. The van der Waals surface area contributed by atoms with Gasteiger partial charge in [-0.25, -0.2) is 9.97 Å². The van der Waals surface area contributed by atoms with Gasteiger partial charge >= 0.3 is 0 Å². The van der Waals surface area contributed by atoms with Crippen molar-refractivity contribution in [1.29, 1.82) is 5.41 Å². The summed E-state index contributed by atoms with van der Waals surface area (Å²) < 4.78 is 5.40. The van der Waals surface area contributed by atoms with Crippen molar-refractivity contribution >= 4 is 39.9 Å². The molecule has 3 aromatic rings. The van der Waals surface area contributed by atoms with Crippen LogP contribution in [0.1, 0.15) is 24.1 Å². The van der Waals surface area contributed by atoms with Crippen LogP contribution in [0.3, 0.4) is 0 Å². The molecule has 0 atom stereocenters. The maximum Gasteiger partial charge on any atom is 0.141 e. The predicted octanol–water partition coefficient (Wildman–Crippen LogP) is 3.20. The van der Waals surface area contributed by atoms with Gasteiger partial charge in [-0.2, -0.15) is 0 Å². The van der Waals surface area contributed by atoms with Crippen LogP contribution >= 0.6 is 11.6 Å². The molecule has 0 radical (unpaired) electrons. The molecule has 7 nitrogen and oxygen atoms in total. The summed E-state index contributed by atoms with van der Waals surface area (Å²) in [6, 6.07) is 7.70. The molecule has 8 heteroatoms. The molecule has 1 aliphatic rings. The number of H-pyrrole nitrogens is 1. The third-order valence-electron chi connectivity index (χ3n) is 4.57. The number of nitrogens with zero attached hydrogens (tertiary/aromatic N) is 2. The normalized spacial score (nSPS) is 15.3. The van der Waals surface area contributed by atoms with Crippen LogP contribution in [0, 0.1) is 5.41 Å². The van der Waals surface area contributed by atoms with Crippen molar-refractivity contribution in [2.75, 3.05) is 24.3 Å². The van der Waals surface area contributed by atoms with Crippen LogP contribution in [0.2, 0.25) is 5.02 Å². The van der Waals surface area contributed by atoms with Crippen LogP contribution in [0.4, 0.5) is 11.6 Å². The minimum atomic E-state index is 0.227. The van der Waals surface area contributed by atoms with E-state index in [-0.39, 0.29) is 17.6 Å². The molecule has 0 saturated carbocycles. The molecule has 134 valence electrons. The van der Waals surface area contributed by atoms with Crippen LogP contribution in [-0.4, -0.2) is 39.9 Å². The van der Waals surface area contributed by atoms with Crippen LogP contribution in [0.15, 0.2) is 30.6 Å². The summed E-state index contributed by atoms with van der Waals surface area (Å²) in [5, 5.41) is 13.6. The van der Waals surface area contributed by atoms with Crippen LogP contribution in [0.25, 0.3) is 10.9 Å². The van der Waals surface area contributed by atoms with Gasteiger partial charge in [-0.05, 0) is 31.0 Å². The highest BCUT2D eigenvalue weighted by Crippen LogP contribution is 2.28. The Kier molecular flexibility index (Phi) is 4.48. The van der Waals surface area contributed by atoms with E-state index in [1.54, 1.807) is 0 Å². The van der Waals surface area contributed by atoms with E-state index in [2.05, 4.69) is 20.3 Å². The monoisotopic (exact) mass is 370 g/mol. The molecular weight excluding hydrogens is 352 g/mol. The Morgan fingerprint density at radius 2 is 2.12 bits per heavy atom. The van der Waals surface area contributed by atoms with E-state index in [9.17, 15) is 0 Å². The van der Waals surface area contributed by atoms with E-state index in [1.165, 1.54) is 6.33 Å². The van der Waals surface area contributed by atoms with E-state index in [0.29, 0.717) is 35.3 Å². The predicted molar refractivity (Wildman–Crippen MR) is 103 cm³/mol. The Labute approximate surface area is 155 Å². The highest BCUT2D eigenvalue weighted by molar-refractivity contribution is 6.35. The zero-order valence-corrected chi connectivity index (χ0v) is 14.8. The molecule has 0 amide bonds. The second-order valence-electron chi connectivity index (χ2n) is 6.27. The van der Waals surface area contributed by atoms with Crippen molar-refractivity contribution in [2.24, 2.45) is 0 Å². The van der Waals surface area contributed by atoms with E-state index in [0.717, 1.165) is 23.7 Å². The number of hydrogen-bond acceptors (Lipinski definition) is 6. The standard InChI is InChI=1S/C18H19ClN6O/c19-12-2-1-3-13-11(12)8-14(25-13)16(20)15-17(21)22-9-23-18(15)24-10-4-6-26-7-5-10/h1-3,8-10,20,25H,4-7H2,(H3,21,22,23,24). The van der Waals surface area contributed by atoms with E-state index in [1.807, 2.05) is 24.3 Å². The Morgan fingerprint density at radius 1 is 1.31 bits per heavy atom. The zero-order valence-electron chi connectivity index (χ0n) is 14.1. The number of aromatic amines is 1. The highest BCUT2D eigenvalue weighted by atomic mass is 35.5. The van der Waals surface area contributed by atoms with Crippen molar-refractivity contribution in [1.82, 2.24) is 15.0 Å². The molecule has 1 aliphatic heterocycles. The number of fused-ring (bicyclic) bond motifs is 1. The fourth-order valence-corrected chi connectivity index (χ4v) is 3.41. The number of benzene rings is 1. The lowest BCUT2D eigenvalue weighted by Crippen LogP contribution is -2.29. The molecule has 26 heavy (non-hydrogen) atoms. The molecule has 1 fully saturated rings. The van der Waals surface area contributed by atoms with Crippen molar-refractivity contribution in [2.45, 2.75) is 18.9 Å². The Balaban J connectivity index is 1.71. The summed E-state index contributed by atoms with van der Waals surface area (Å²) in [7, 11) is 0. The number of rotatable bonds is 4. The van der Waals surface area contributed by atoms with Crippen LogP contribution < -0.4 is 11.1 Å². The molecule has 1 saturated heterocycles. The first kappa shape index (κ1) is 16.8. The Morgan fingerprint density at radius 3 is 2.88 bits per heavy atom. The molecule has 0 aliphatic carbocycles. The van der Waals surface area contributed by atoms with Gasteiger partial charge in [0.1, 0.15) is 18.0 Å². The summed E-state index contributed by atoms with van der Waals surface area (Å²) in [6.45, 7) is 1.43. The molecule has 2 aromatic heterocycles. The lowest BCUT2D eigenvalue weighted by atomic mass is 10.1. The molecule has 5 N–H and O–H groups in total. The Bertz CT molecular complexity index is 963. The lowest BCUT2D eigenvalue weighted by Gasteiger charge is -2.24. The second kappa shape index (κ2) is 6.93. The number of anilines is 2. The summed E-state index contributed by atoms with van der Waals surface area (Å²) in [4.78, 5) is 11.6. The quantitative estimate of drug-likeness (QED) is 0.527. The van der Waals surface area contributed by atoms with E-state index >= 15 is 0 Å². The van der Waals surface area contributed by atoms with Gasteiger partial charge in [-0.3, -0.25) is 5.41 Å². The van der Waals surface area contributed by atoms with Gasteiger partial charge in [-0.1, -0.05) is 17.7 Å². The SMILES string of the molecule is N=C(c1cc2c(Cl)cccc2[nH]1)c1c(N)ncnc1NC1CCOCC1. The van der Waals surface area contributed by atoms with Crippen molar-refractivity contribution in [3.63, 3.8) is 0 Å². The number of nitrogen functional groups attached to an aromatic ring is 1. The van der Waals surface area contributed by atoms with Crippen molar-refractivity contribution in [3.8, 4) is 0 Å². The van der Waals surface area contributed by atoms with Gasteiger partial charge in [0.25, 0.3) is 0 Å². The molecule has 3 heterocycles. The molecule has 0 bridgehead atoms. The molecule has 0 spiro atoms. The average Bonchev–Trinajstić information content (AvgIpc) is 3.08. The summed E-state index contributed by atoms with van der Waals surface area (Å²) in [5.41, 5.74) is 8.29. The number of ether oxygens (including phenoxy) is 1. The molecule has 0 unspecified atom stereocenters. The van der Waals surface area contributed by atoms with Gasteiger partial charge in [0, 0.05) is 35.2 Å². The van der Waals surface area contributed by atoms with E-state index in [4.69, 9.17) is 27.5 Å². The van der Waals surface area contributed by atoms with E-state index < -0.39 is 0 Å². The number of hydrogen-bond donors (Lipinski definition) is 4. The van der Waals surface area contributed by atoms with Gasteiger partial charge < -0.3 is 20.8 Å². The summed E-state index contributed by atoms with van der Waals surface area (Å²) in [6.07, 6.45) is 3.19. The highest BCUT2D eigenvalue weighted by Gasteiger charge is 2.21.